The van der Waals surface area contributed by atoms with Gasteiger partial charge in [-0.3, -0.25) is 0 Å². The van der Waals surface area contributed by atoms with Crippen LogP contribution in [0.3, 0.4) is 0 Å². The van der Waals surface area contributed by atoms with E-state index < -0.39 is 0 Å². The summed E-state index contributed by atoms with van der Waals surface area (Å²) in [6, 6.07) is 48.2. The van der Waals surface area contributed by atoms with Crippen LogP contribution in [-0.2, 0) is 17.1 Å². The molecule has 7 aromatic rings. The number of nitrogens with zero attached hydrogens (tertiary/aromatic N) is 4. The average molecular weight is 794 g/mol. The van der Waals surface area contributed by atoms with Crippen molar-refractivity contribution in [3.05, 3.63) is 166 Å². The van der Waals surface area contributed by atoms with Gasteiger partial charge in [0.1, 0.15) is 0 Å². The van der Waals surface area contributed by atoms with Crippen molar-refractivity contribution in [2.45, 2.75) is 0 Å². The molecule has 0 unspecified atom stereocenters. The van der Waals surface area contributed by atoms with Crippen LogP contribution in [0.25, 0.3) is 90.9 Å². The Morgan fingerprint density at radius 3 is 0.920 bits per heavy atom. The van der Waals surface area contributed by atoms with Gasteiger partial charge in [0, 0.05) is 3.57 Å². The molecule has 1 radical (unpaired) electrons. The van der Waals surface area contributed by atoms with Gasteiger partial charge in [-0.1, -0.05) is 127 Å². The molecule has 8 bridgehead atoms. The van der Waals surface area contributed by atoms with Gasteiger partial charge in [-0.2, -0.15) is 0 Å². The smallest absolute Gasteiger partial charge is 0.657 e. The largest absolute Gasteiger partial charge is 2.00 e. The van der Waals surface area contributed by atoms with Crippen LogP contribution in [0.1, 0.15) is 22.8 Å². The predicted octanol–water partition coefficient (Wildman–Crippen LogP) is 11.2. The Hall–Kier alpha value is -5.27. The third kappa shape index (κ3) is 5.86. The first-order chi connectivity index (χ1) is 24.2. The minimum absolute atomic E-state index is 0. The molecule has 3 aromatic heterocycles. The molecule has 0 aliphatic carbocycles. The molecule has 0 saturated carbocycles. The fraction of sp³-hybridized carbons (Fsp3) is 0. The summed E-state index contributed by atoms with van der Waals surface area (Å²) in [4.78, 5) is 21.3. The predicted molar refractivity (Wildman–Crippen MR) is 211 cm³/mol. The third-order valence-corrected chi connectivity index (χ3v) is 9.65. The molecule has 0 spiro atoms. The SMILES string of the molecule is Ic1ccc(-c2c3nc(c(-c4ccccc4)c4ccc([n-]4)c(-c4ccccc4)c4nc(c(-c5ccccc5)c5ccc2[n-]5)C=C4)C=C3)cc1.[Mn+2]. The minimum atomic E-state index is 0. The first-order valence-corrected chi connectivity index (χ1v) is 17.3. The van der Waals surface area contributed by atoms with E-state index in [9.17, 15) is 0 Å². The van der Waals surface area contributed by atoms with Gasteiger partial charge in [0.2, 0.25) is 0 Å². The minimum Gasteiger partial charge on any atom is -0.657 e. The van der Waals surface area contributed by atoms with E-state index in [1.165, 1.54) is 3.57 Å². The summed E-state index contributed by atoms with van der Waals surface area (Å²) < 4.78 is 1.17. The van der Waals surface area contributed by atoms with E-state index in [-0.39, 0.29) is 17.1 Å². The number of aromatic nitrogens is 4. The van der Waals surface area contributed by atoms with Crippen LogP contribution in [-0.4, -0.2) is 9.97 Å². The van der Waals surface area contributed by atoms with Crippen molar-refractivity contribution in [1.82, 2.24) is 19.9 Å². The van der Waals surface area contributed by atoms with Crippen molar-refractivity contribution in [2.24, 2.45) is 0 Å². The van der Waals surface area contributed by atoms with E-state index in [1.807, 2.05) is 18.2 Å². The molecular weight excluding hydrogens is 766 g/mol. The average Bonchev–Trinajstić information content (AvgIpc) is 3.98. The van der Waals surface area contributed by atoms with Gasteiger partial charge < -0.3 is 9.97 Å². The Labute approximate surface area is 314 Å². The van der Waals surface area contributed by atoms with Gasteiger partial charge in [-0.25, -0.2) is 9.97 Å². The summed E-state index contributed by atoms with van der Waals surface area (Å²) in [6.45, 7) is 0. The van der Waals surface area contributed by atoms with Crippen LogP contribution in [0, 0.1) is 3.57 Å². The van der Waals surface area contributed by atoms with Crippen LogP contribution < -0.4 is 9.97 Å². The van der Waals surface area contributed by atoms with Crippen molar-refractivity contribution >= 4 is 69.0 Å². The van der Waals surface area contributed by atoms with E-state index >= 15 is 0 Å². The van der Waals surface area contributed by atoms with Crippen LogP contribution in [0.2, 0.25) is 0 Å². The molecule has 9 rings (SSSR count). The van der Waals surface area contributed by atoms with E-state index in [2.05, 4.69) is 168 Å². The monoisotopic (exact) mass is 793 g/mol. The van der Waals surface area contributed by atoms with E-state index in [4.69, 9.17) is 19.9 Å². The Morgan fingerprint density at radius 2 is 0.620 bits per heavy atom. The number of benzene rings is 4. The molecule has 6 heteroatoms. The van der Waals surface area contributed by atoms with Crippen molar-refractivity contribution < 1.29 is 17.1 Å². The van der Waals surface area contributed by atoms with Crippen molar-refractivity contribution in [3.63, 3.8) is 0 Å². The zero-order valence-electron chi connectivity index (χ0n) is 26.6. The van der Waals surface area contributed by atoms with Crippen LogP contribution in [0.4, 0.5) is 0 Å². The molecule has 0 N–H and O–H groups in total. The van der Waals surface area contributed by atoms with Crippen LogP contribution in [0.5, 0.6) is 0 Å². The van der Waals surface area contributed by atoms with Crippen molar-refractivity contribution in [3.8, 4) is 44.5 Å². The molecule has 2 aliphatic rings. The summed E-state index contributed by atoms with van der Waals surface area (Å²) >= 11 is 2.35. The third-order valence-electron chi connectivity index (χ3n) is 8.93. The number of rotatable bonds is 4. The topological polar surface area (TPSA) is 54.0 Å². The summed E-state index contributed by atoms with van der Waals surface area (Å²) in [5, 5.41) is 0. The Morgan fingerprint density at radius 1 is 0.340 bits per heavy atom. The molecule has 237 valence electrons. The summed E-state index contributed by atoms with van der Waals surface area (Å²) in [5.74, 6) is 0. The molecule has 4 nitrogen and oxygen atoms in total. The number of fused-ring (bicyclic) bond motifs is 8. The number of halogens is 1. The second-order valence-corrected chi connectivity index (χ2v) is 13.2. The molecule has 50 heavy (non-hydrogen) atoms. The number of hydrogen-bond acceptors (Lipinski definition) is 2. The zero-order chi connectivity index (χ0) is 32.7. The van der Waals surface area contributed by atoms with Gasteiger partial charge >= 0.3 is 17.1 Å². The maximum Gasteiger partial charge on any atom is 2.00 e. The second kappa shape index (κ2) is 13.6. The summed E-state index contributed by atoms with van der Waals surface area (Å²) in [5.41, 5.74) is 15.0. The van der Waals surface area contributed by atoms with Gasteiger partial charge in [0.15, 0.2) is 0 Å². The molecule has 0 fully saturated rings. The maximum absolute atomic E-state index is 5.33. The van der Waals surface area contributed by atoms with E-state index in [1.54, 1.807) is 0 Å². The van der Waals surface area contributed by atoms with E-state index in [0.717, 1.165) is 89.4 Å². The van der Waals surface area contributed by atoms with Gasteiger partial charge in [0.25, 0.3) is 0 Å². The fourth-order valence-electron chi connectivity index (χ4n) is 6.70. The second-order valence-electron chi connectivity index (χ2n) is 12.0. The zero-order valence-corrected chi connectivity index (χ0v) is 30.0. The normalized spacial score (nSPS) is 11.8. The maximum atomic E-state index is 5.33. The molecule has 5 heterocycles. The van der Waals surface area contributed by atoms with Crippen LogP contribution in [0.15, 0.2) is 140 Å². The molecular formula is C44H27IMnN4. The standard InChI is InChI=1S/C44H27IN4.Mn/c45-32-18-16-31(17-19-32)44-39-26-24-37(48-39)42(29-12-6-2-7-13-29)35-22-20-33(46-35)41(28-10-4-1-5-11-28)34-21-23-36(47-34)43(30-14-8-3-9-15-30)38-25-27-40(44)49-38;/h1-27H;/q-2;+2. The molecule has 2 aliphatic heterocycles. The van der Waals surface area contributed by atoms with E-state index in [0.29, 0.717) is 0 Å². The summed E-state index contributed by atoms with van der Waals surface area (Å²) in [7, 11) is 0. The van der Waals surface area contributed by atoms with Crippen molar-refractivity contribution in [1.29, 1.82) is 0 Å². The quantitative estimate of drug-likeness (QED) is 0.132. The first kappa shape index (κ1) is 32.0. The van der Waals surface area contributed by atoms with Gasteiger partial charge in [-0.15, -0.1) is 22.1 Å². The van der Waals surface area contributed by atoms with Gasteiger partial charge in [-0.05, 0) is 104 Å². The fourth-order valence-corrected chi connectivity index (χ4v) is 7.06. The Kier molecular flexibility index (Phi) is 8.67. The molecule has 0 amide bonds. The number of hydrogen-bond donors (Lipinski definition) is 0. The Bertz CT molecular complexity index is 2550. The molecule has 4 aromatic carbocycles. The summed E-state index contributed by atoms with van der Waals surface area (Å²) in [6.07, 6.45) is 8.42. The van der Waals surface area contributed by atoms with Gasteiger partial charge in [0.05, 0.1) is 22.8 Å². The van der Waals surface area contributed by atoms with Crippen molar-refractivity contribution in [2.75, 3.05) is 0 Å². The molecule has 0 atom stereocenters. The first-order valence-electron chi connectivity index (χ1n) is 16.2. The molecule has 0 saturated heterocycles. The Balaban J connectivity index is 0.00000361. The van der Waals surface area contributed by atoms with Crippen LogP contribution >= 0.6 is 22.6 Å².